The van der Waals surface area contributed by atoms with Gasteiger partial charge >= 0.3 is 6.09 Å². The number of hydrogen-bond acceptors (Lipinski definition) is 4. The SMILES string of the molecule is CC1CCCN(C(=O)C2CCN(C(=O)CCCNC(=O)OC(C)(C)C)CC2)C1. The molecule has 0 aromatic carbocycles. The van der Waals surface area contributed by atoms with Crippen LogP contribution in [0.15, 0.2) is 0 Å². The van der Waals surface area contributed by atoms with Crippen LogP contribution in [0.3, 0.4) is 0 Å². The van der Waals surface area contributed by atoms with Crippen molar-refractivity contribution in [2.45, 2.75) is 71.8 Å². The van der Waals surface area contributed by atoms with E-state index in [1.807, 2.05) is 30.6 Å². The number of nitrogens with one attached hydrogen (secondary N) is 1. The lowest BCUT2D eigenvalue weighted by atomic mass is 9.92. The number of carbonyl (C=O) groups is 3. The highest BCUT2D eigenvalue weighted by atomic mass is 16.6. The lowest BCUT2D eigenvalue weighted by Crippen LogP contribution is -2.47. The van der Waals surface area contributed by atoms with Crippen molar-refractivity contribution in [3.8, 4) is 0 Å². The number of alkyl carbamates (subject to hydrolysis) is 1. The second-order valence-corrected chi connectivity index (χ2v) is 9.22. The van der Waals surface area contributed by atoms with Gasteiger partial charge in [0.15, 0.2) is 0 Å². The molecular weight excluding hydrogens is 358 g/mol. The Morgan fingerprint density at radius 1 is 1.04 bits per heavy atom. The minimum absolute atomic E-state index is 0.0585. The van der Waals surface area contributed by atoms with Gasteiger partial charge in [-0.15, -0.1) is 0 Å². The molecule has 0 bridgehead atoms. The molecule has 1 N–H and O–H groups in total. The summed E-state index contributed by atoms with van der Waals surface area (Å²) in [5.74, 6) is 1.03. The summed E-state index contributed by atoms with van der Waals surface area (Å²) in [6, 6.07) is 0. The van der Waals surface area contributed by atoms with Crippen LogP contribution in [0.25, 0.3) is 0 Å². The monoisotopic (exact) mass is 395 g/mol. The third kappa shape index (κ3) is 7.32. The van der Waals surface area contributed by atoms with E-state index in [2.05, 4.69) is 12.2 Å². The summed E-state index contributed by atoms with van der Waals surface area (Å²) in [7, 11) is 0. The first-order chi connectivity index (χ1) is 13.2. The van der Waals surface area contributed by atoms with E-state index in [9.17, 15) is 14.4 Å². The molecule has 1 atom stereocenters. The molecule has 0 aromatic rings. The number of amides is 3. The summed E-state index contributed by atoms with van der Waals surface area (Å²) in [6.07, 6.45) is 4.35. The smallest absolute Gasteiger partial charge is 0.407 e. The number of nitrogens with zero attached hydrogens (tertiary/aromatic N) is 2. The van der Waals surface area contributed by atoms with Crippen LogP contribution in [0.2, 0.25) is 0 Å². The third-order valence-corrected chi connectivity index (χ3v) is 5.40. The van der Waals surface area contributed by atoms with E-state index >= 15 is 0 Å². The molecule has 28 heavy (non-hydrogen) atoms. The van der Waals surface area contributed by atoms with E-state index in [4.69, 9.17) is 4.74 Å². The van der Waals surface area contributed by atoms with E-state index < -0.39 is 11.7 Å². The van der Waals surface area contributed by atoms with Gasteiger partial charge in [-0.2, -0.15) is 0 Å². The number of piperidine rings is 2. The average Bonchev–Trinajstić information content (AvgIpc) is 2.63. The first kappa shape index (κ1) is 22.5. The maximum absolute atomic E-state index is 12.7. The highest BCUT2D eigenvalue weighted by molar-refractivity contribution is 5.80. The fourth-order valence-electron chi connectivity index (χ4n) is 3.93. The standard InChI is InChI=1S/C21H37N3O4/c1-16-7-6-12-24(15-16)19(26)17-9-13-23(14-10-17)18(25)8-5-11-22-20(27)28-21(2,3)4/h16-17H,5-15H2,1-4H3,(H,22,27). The van der Waals surface area contributed by atoms with Gasteiger partial charge in [0, 0.05) is 45.1 Å². The number of carbonyl (C=O) groups excluding carboxylic acids is 3. The Kier molecular flexibility index (Phi) is 8.13. The van der Waals surface area contributed by atoms with Crippen LogP contribution in [0.5, 0.6) is 0 Å². The van der Waals surface area contributed by atoms with Crippen molar-refractivity contribution in [1.82, 2.24) is 15.1 Å². The maximum Gasteiger partial charge on any atom is 0.407 e. The van der Waals surface area contributed by atoms with Crippen LogP contribution in [0.1, 0.15) is 66.2 Å². The Morgan fingerprint density at radius 2 is 1.71 bits per heavy atom. The van der Waals surface area contributed by atoms with Crippen molar-refractivity contribution in [2.24, 2.45) is 11.8 Å². The summed E-state index contributed by atoms with van der Waals surface area (Å²) in [5, 5.41) is 2.68. The topological polar surface area (TPSA) is 79.0 Å². The second kappa shape index (κ2) is 10.1. The lowest BCUT2D eigenvalue weighted by molar-refractivity contribution is -0.142. The van der Waals surface area contributed by atoms with Crippen molar-refractivity contribution in [2.75, 3.05) is 32.7 Å². The van der Waals surface area contributed by atoms with Crippen LogP contribution in [0.4, 0.5) is 4.79 Å². The molecule has 7 heteroatoms. The summed E-state index contributed by atoms with van der Waals surface area (Å²) < 4.78 is 5.17. The fraction of sp³-hybridized carbons (Fsp3) is 0.857. The Hall–Kier alpha value is -1.79. The van der Waals surface area contributed by atoms with Crippen LogP contribution in [-0.4, -0.2) is 66.0 Å². The maximum atomic E-state index is 12.7. The second-order valence-electron chi connectivity index (χ2n) is 9.22. The molecule has 0 saturated carbocycles. The molecule has 7 nitrogen and oxygen atoms in total. The molecule has 2 aliphatic heterocycles. The Balaban J connectivity index is 1.63. The zero-order valence-corrected chi connectivity index (χ0v) is 18.0. The van der Waals surface area contributed by atoms with Crippen LogP contribution in [0, 0.1) is 11.8 Å². The quantitative estimate of drug-likeness (QED) is 0.726. The van der Waals surface area contributed by atoms with Crippen LogP contribution < -0.4 is 5.32 Å². The highest BCUT2D eigenvalue weighted by Gasteiger charge is 2.31. The molecule has 2 heterocycles. The van der Waals surface area contributed by atoms with Crippen molar-refractivity contribution in [1.29, 1.82) is 0 Å². The first-order valence-electron chi connectivity index (χ1n) is 10.7. The van der Waals surface area contributed by atoms with Gasteiger partial charge in [-0.1, -0.05) is 6.92 Å². The Labute approximate surface area is 169 Å². The fourth-order valence-corrected chi connectivity index (χ4v) is 3.93. The Morgan fingerprint density at radius 3 is 2.32 bits per heavy atom. The van der Waals surface area contributed by atoms with Crippen LogP contribution in [-0.2, 0) is 14.3 Å². The third-order valence-electron chi connectivity index (χ3n) is 5.40. The number of rotatable bonds is 5. The largest absolute Gasteiger partial charge is 0.444 e. The van der Waals surface area contributed by atoms with Crippen molar-refractivity contribution in [3.05, 3.63) is 0 Å². The van der Waals surface area contributed by atoms with E-state index in [0.717, 1.165) is 32.4 Å². The summed E-state index contributed by atoms with van der Waals surface area (Å²) in [5.41, 5.74) is -0.520. The molecule has 0 spiro atoms. The van der Waals surface area contributed by atoms with E-state index in [0.29, 0.717) is 38.4 Å². The van der Waals surface area contributed by atoms with Crippen molar-refractivity contribution in [3.63, 3.8) is 0 Å². The molecule has 2 rings (SSSR count). The molecule has 0 aromatic heterocycles. The first-order valence-corrected chi connectivity index (χ1v) is 10.7. The van der Waals surface area contributed by atoms with Gasteiger partial charge in [-0.3, -0.25) is 9.59 Å². The molecule has 0 radical (unpaired) electrons. The molecule has 160 valence electrons. The summed E-state index contributed by atoms with van der Waals surface area (Å²) >= 11 is 0. The molecule has 0 aliphatic carbocycles. The van der Waals surface area contributed by atoms with Gasteiger partial charge < -0.3 is 19.9 Å². The number of hydrogen-bond donors (Lipinski definition) is 1. The van der Waals surface area contributed by atoms with E-state index in [-0.39, 0.29) is 17.7 Å². The van der Waals surface area contributed by atoms with E-state index in [1.54, 1.807) is 0 Å². The lowest BCUT2D eigenvalue weighted by Gasteiger charge is -2.37. The van der Waals surface area contributed by atoms with Gasteiger partial charge in [0.05, 0.1) is 0 Å². The molecule has 2 aliphatic rings. The predicted octanol–water partition coefficient (Wildman–Crippen LogP) is 2.79. The number of ether oxygens (including phenoxy) is 1. The molecule has 2 fully saturated rings. The minimum atomic E-state index is -0.520. The normalized spacial score (nSPS) is 21.4. The van der Waals surface area contributed by atoms with Gasteiger partial charge in [0.2, 0.25) is 11.8 Å². The summed E-state index contributed by atoms with van der Waals surface area (Å²) in [6.45, 7) is 11.1. The van der Waals surface area contributed by atoms with Crippen molar-refractivity contribution < 1.29 is 19.1 Å². The highest BCUT2D eigenvalue weighted by Crippen LogP contribution is 2.24. The molecule has 1 unspecified atom stereocenters. The van der Waals surface area contributed by atoms with Gasteiger partial charge in [0.1, 0.15) is 5.60 Å². The zero-order chi connectivity index (χ0) is 20.7. The number of likely N-dealkylation sites (tertiary alicyclic amines) is 2. The predicted molar refractivity (Wildman–Crippen MR) is 108 cm³/mol. The minimum Gasteiger partial charge on any atom is -0.444 e. The molecule has 2 saturated heterocycles. The van der Waals surface area contributed by atoms with Crippen molar-refractivity contribution >= 4 is 17.9 Å². The van der Waals surface area contributed by atoms with Gasteiger partial charge in [-0.05, 0) is 58.8 Å². The van der Waals surface area contributed by atoms with Gasteiger partial charge in [0.25, 0.3) is 0 Å². The van der Waals surface area contributed by atoms with E-state index in [1.165, 1.54) is 6.42 Å². The summed E-state index contributed by atoms with van der Waals surface area (Å²) in [4.78, 5) is 40.6. The Bertz CT molecular complexity index is 550. The van der Waals surface area contributed by atoms with Gasteiger partial charge in [-0.25, -0.2) is 4.79 Å². The molecule has 3 amide bonds. The zero-order valence-electron chi connectivity index (χ0n) is 18.0. The van der Waals surface area contributed by atoms with Crippen LogP contribution >= 0.6 is 0 Å². The molecular formula is C21H37N3O4. The average molecular weight is 396 g/mol.